The van der Waals surface area contributed by atoms with E-state index in [0.717, 1.165) is 33.6 Å². The highest BCUT2D eigenvalue weighted by molar-refractivity contribution is 6.43. The Morgan fingerprint density at radius 3 is 2.36 bits per heavy atom. The van der Waals surface area contributed by atoms with Crippen molar-refractivity contribution in [1.82, 2.24) is 0 Å². The summed E-state index contributed by atoms with van der Waals surface area (Å²) in [6.45, 7) is 4.60. The van der Waals surface area contributed by atoms with E-state index in [2.05, 4.69) is 0 Å². The lowest BCUT2D eigenvalue weighted by Gasteiger charge is -2.12. The molecule has 4 nitrogen and oxygen atoms in total. The van der Waals surface area contributed by atoms with Crippen LogP contribution in [0, 0.1) is 0 Å². The maximum absolute atomic E-state index is 11.2. The Hall–Kier alpha value is -2.79. The molecule has 6 heteroatoms. The summed E-state index contributed by atoms with van der Waals surface area (Å²) in [7, 11) is 0. The molecule has 0 fully saturated rings. The van der Waals surface area contributed by atoms with Crippen molar-refractivity contribution in [1.29, 1.82) is 0 Å². The number of halogens is 2. The van der Waals surface area contributed by atoms with Crippen LogP contribution in [-0.2, 0) is 16.0 Å². The van der Waals surface area contributed by atoms with Gasteiger partial charge in [0.2, 0.25) is 0 Å². The van der Waals surface area contributed by atoms with Gasteiger partial charge in [-0.1, -0.05) is 71.7 Å². The maximum Gasteiger partial charge on any atom is 0.333 e. The highest BCUT2D eigenvalue weighted by atomic mass is 35.5. The summed E-state index contributed by atoms with van der Waals surface area (Å²) in [4.78, 5) is 11.2. The molecule has 1 unspecified atom stereocenters. The van der Waals surface area contributed by atoms with E-state index in [-0.39, 0.29) is 0 Å². The first-order valence-corrected chi connectivity index (χ1v) is 11.4. The van der Waals surface area contributed by atoms with Crippen LogP contribution in [0.2, 0.25) is 10.0 Å². The zero-order valence-corrected chi connectivity index (χ0v) is 20.1. The van der Waals surface area contributed by atoms with Gasteiger partial charge in [0, 0.05) is 18.6 Å². The lowest BCUT2D eigenvalue weighted by Crippen LogP contribution is -2.26. The van der Waals surface area contributed by atoms with Crippen molar-refractivity contribution in [2.45, 2.75) is 26.4 Å². The number of hydrogen-bond acceptors (Lipinski definition) is 3. The van der Waals surface area contributed by atoms with Crippen molar-refractivity contribution in [3.8, 4) is 16.9 Å². The average molecular weight is 485 g/mol. The molecule has 172 valence electrons. The lowest BCUT2D eigenvalue weighted by molar-refractivity contribution is -0.149. The number of benzene rings is 3. The van der Waals surface area contributed by atoms with Crippen LogP contribution in [0.3, 0.4) is 0 Å². The minimum atomic E-state index is -0.957. The number of carboxylic acids is 1. The van der Waals surface area contributed by atoms with Gasteiger partial charge in [0.15, 0.2) is 6.10 Å². The topological polar surface area (TPSA) is 55.8 Å². The van der Waals surface area contributed by atoms with Gasteiger partial charge in [0.1, 0.15) is 12.4 Å². The molecule has 33 heavy (non-hydrogen) atoms. The van der Waals surface area contributed by atoms with Gasteiger partial charge in [-0.25, -0.2) is 4.79 Å². The zero-order chi connectivity index (χ0) is 23.8. The predicted octanol–water partition coefficient (Wildman–Crippen LogP) is 7.17. The smallest absolute Gasteiger partial charge is 0.333 e. The average Bonchev–Trinajstić information content (AvgIpc) is 2.81. The van der Waals surface area contributed by atoms with E-state index in [1.165, 1.54) is 0 Å². The molecule has 3 aromatic rings. The Kier molecular flexibility index (Phi) is 8.95. The summed E-state index contributed by atoms with van der Waals surface area (Å²) in [6.07, 6.45) is 1.50. The number of aliphatic carboxylic acids is 1. The first-order valence-electron chi connectivity index (χ1n) is 10.7. The van der Waals surface area contributed by atoms with Crippen LogP contribution in [0.4, 0.5) is 0 Å². The first kappa shape index (κ1) is 24.8. The lowest BCUT2D eigenvalue weighted by atomic mass is 10.0. The summed E-state index contributed by atoms with van der Waals surface area (Å²) < 4.78 is 11.1. The van der Waals surface area contributed by atoms with Crippen LogP contribution in [0.15, 0.2) is 72.8 Å². The van der Waals surface area contributed by atoms with E-state index in [9.17, 15) is 9.90 Å². The highest BCUT2D eigenvalue weighted by Gasteiger charge is 2.17. The second-order valence-corrected chi connectivity index (χ2v) is 8.29. The molecule has 0 amide bonds. The number of hydrogen-bond donors (Lipinski definition) is 1. The van der Waals surface area contributed by atoms with E-state index in [4.69, 9.17) is 32.7 Å². The third-order valence-electron chi connectivity index (χ3n) is 5.23. The molecule has 0 radical (unpaired) electrons. The van der Waals surface area contributed by atoms with E-state index in [1.807, 2.05) is 73.7 Å². The Balaban J connectivity index is 1.58. The van der Waals surface area contributed by atoms with Gasteiger partial charge in [-0.15, -0.1) is 0 Å². The molecule has 0 bridgehead atoms. The van der Waals surface area contributed by atoms with E-state index >= 15 is 0 Å². The summed E-state index contributed by atoms with van der Waals surface area (Å²) in [6, 6.07) is 21.2. The fourth-order valence-corrected chi connectivity index (χ4v) is 3.78. The van der Waals surface area contributed by atoms with Crippen molar-refractivity contribution in [2.75, 3.05) is 13.2 Å². The van der Waals surface area contributed by atoms with Gasteiger partial charge < -0.3 is 14.6 Å². The number of carboxylic acid groups (broad SMARTS) is 1. The van der Waals surface area contributed by atoms with Crippen LogP contribution in [-0.4, -0.2) is 30.4 Å². The standard InChI is InChI=1S/C27H26Cl2O4/c1-3-32-25(27(30)31)17-19-7-13-22(14-8-19)33-16-15-18(2)20-9-11-21(12-10-20)23-5-4-6-24(28)26(23)29/h4-15,25H,3,16-17H2,1-2H3,(H,30,31). The summed E-state index contributed by atoms with van der Waals surface area (Å²) in [5, 5.41) is 10.3. The molecule has 0 spiro atoms. The fraction of sp³-hybridized carbons (Fsp3) is 0.222. The number of allylic oxidation sites excluding steroid dienone is 1. The molecule has 0 aliphatic heterocycles. The highest BCUT2D eigenvalue weighted by Crippen LogP contribution is 2.33. The molecule has 0 aliphatic rings. The fourth-order valence-electron chi connectivity index (χ4n) is 3.37. The van der Waals surface area contributed by atoms with Crippen molar-refractivity contribution in [3.05, 3.63) is 94.0 Å². The second kappa shape index (κ2) is 11.9. The first-order chi connectivity index (χ1) is 15.9. The van der Waals surface area contributed by atoms with Gasteiger partial charge in [-0.05, 0) is 60.4 Å². The molecule has 1 atom stereocenters. The predicted molar refractivity (Wildman–Crippen MR) is 134 cm³/mol. The molecule has 0 heterocycles. The van der Waals surface area contributed by atoms with Gasteiger partial charge in [-0.3, -0.25) is 0 Å². The normalized spacial score (nSPS) is 12.4. The van der Waals surface area contributed by atoms with Crippen LogP contribution < -0.4 is 4.74 Å². The van der Waals surface area contributed by atoms with Crippen LogP contribution in [0.25, 0.3) is 16.7 Å². The third-order valence-corrected chi connectivity index (χ3v) is 6.05. The van der Waals surface area contributed by atoms with Gasteiger partial charge in [-0.2, -0.15) is 0 Å². The minimum Gasteiger partial charge on any atom is -0.490 e. The molecule has 3 aromatic carbocycles. The molecule has 0 saturated carbocycles. The maximum atomic E-state index is 11.2. The van der Waals surface area contributed by atoms with Crippen molar-refractivity contribution >= 4 is 34.7 Å². The molecular weight excluding hydrogens is 459 g/mol. The van der Waals surface area contributed by atoms with Crippen LogP contribution in [0.1, 0.15) is 25.0 Å². The van der Waals surface area contributed by atoms with Crippen molar-refractivity contribution in [2.24, 2.45) is 0 Å². The summed E-state index contributed by atoms with van der Waals surface area (Å²) in [5.41, 5.74) is 4.97. The van der Waals surface area contributed by atoms with E-state index in [0.29, 0.717) is 29.7 Å². The molecule has 0 saturated heterocycles. The molecule has 1 N–H and O–H groups in total. The quantitative estimate of drug-likeness (QED) is 0.331. The second-order valence-electron chi connectivity index (χ2n) is 7.51. The van der Waals surface area contributed by atoms with Gasteiger partial charge >= 0.3 is 5.97 Å². The number of rotatable bonds is 10. The Labute approximate surface area is 204 Å². The number of ether oxygens (including phenoxy) is 2. The molecule has 0 aliphatic carbocycles. The Morgan fingerprint density at radius 2 is 1.73 bits per heavy atom. The molecular formula is C27H26Cl2O4. The summed E-state index contributed by atoms with van der Waals surface area (Å²) in [5.74, 6) is -0.237. The Bertz CT molecular complexity index is 1110. The van der Waals surface area contributed by atoms with Gasteiger partial charge in [0.25, 0.3) is 0 Å². The van der Waals surface area contributed by atoms with Crippen LogP contribution >= 0.6 is 23.2 Å². The van der Waals surface area contributed by atoms with Crippen LogP contribution in [0.5, 0.6) is 5.75 Å². The molecule has 0 aromatic heterocycles. The summed E-state index contributed by atoms with van der Waals surface area (Å²) >= 11 is 12.5. The SMILES string of the molecule is CCOC(Cc1ccc(OCC=C(C)c2ccc(-c3cccc(Cl)c3Cl)cc2)cc1)C(=O)O. The zero-order valence-electron chi connectivity index (χ0n) is 18.6. The van der Waals surface area contributed by atoms with Gasteiger partial charge in [0.05, 0.1) is 10.0 Å². The largest absolute Gasteiger partial charge is 0.490 e. The third kappa shape index (κ3) is 6.84. The van der Waals surface area contributed by atoms with Crippen molar-refractivity contribution in [3.63, 3.8) is 0 Å². The van der Waals surface area contributed by atoms with E-state index < -0.39 is 12.1 Å². The van der Waals surface area contributed by atoms with Crippen molar-refractivity contribution < 1.29 is 19.4 Å². The Morgan fingerprint density at radius 1 is 1.03 bits per heavy atom. The minimum absolute atomic E-state index is 0.318. The monoisotopic (exact) mass is 484 g/mol. The van der Waals surface area contributed by atoms with E-state index in [1.54, 1.807) is 13.0 Å². The molecule has 3 rings (SSSR count). The number of carbonyl (C=O) groups is 1.